The van der Waals surface area contributed by atoms with Crippen LogP contribution in [0.1, 0.15) is 33.6 Å². The molecule has 0 spiro atoms. The topological polar surface area (TPSA) is 55.4 Å². The summed E-state index contributed by atoms with van der Waals surface area (Å²) in [5, 5.41) is 0. The average Bonchev–Trinajstić information content (AvgIpc) is 2.28. The highest BCUT2D eigenvalue weighted by Crippen LogP contribution is 2.16. The highest BCUT2D eigenvalue weighted by Gasteiger charge is 2.14. The molecule has 0 bridgehead atoms. The lowest BCUT2D eigenvalue weighted by molar-refractivity contribution is 0.309. The molecule has 18 heavy (non-hydrogen) atoms. The number of hydrogen-bond donors (Lipinski definition) is 1. The van der Waals surface area contributed by atoms with Crippen molar-refractivity contribution >= 4 is 10.0 Å². The first kappa shape index (κ1) is 15.0. The molecule has 0 aliphatic heterocycles. The van der Waals surface area contributed by atoms with Crippen LogP contribution in [0.4, 0.5) is 0 Å². The first-order chi connectivity index (χ1) is 8.45. The second-order valence-corrected chi connectivity index (χ2v) is 6.16. The zero-order valence-electron chi connectivity index (χ0n) is 11.1. The van der Waals surface area contributed by atoms with Crippen LogP contribution in [-0.2, 0) is 10.0 Å². The number of ether oxygens (including phenoxy) is 1. The standard InChI is InChI=1S/C13H21NO3S/c1-4-5-10-17-12-6-8-13(9-7-12)18(15,16)14-11(2)3/h6-9,11,14H,4-5,10H2,1-3H3. The van der Waals surface area contributed by atoms with E-state index in [2.05, 4.69) is 11.6 Å². The van der Waals surface area contributed by atoms with Crippen LogP contribution < -0.4 is 9.46 Å². The van der Waals surface area contributed by atoms with Crippen molar-refractivity contribution in [1.29, 1.82) is 0 Å². The molecule has 0 amide bonds. The highest BCUT2D eigenvalue weighted by molar-refractivity contribution is 7.89. The van der Waals surface area contributed by atoms with Crippen LogP contribution in [-0.4, -0.2) is 21.1 Å². The van der Waals surface area contributed by atoms with E-state index in [9.17, 15) is 8.42 Å². The van der Waals surface area contributed by atoms with E-state index in [0.717, 1.165) is 12.8 Å². The molecular formula is C13H21NO3S. The fourth-order valence-corrected chi connectivity index (χ4v) is 2.68. The largest absolute Gasteiger partial charge is 0.494 e. The summed E-state index contributed by atoms with van der Waals surface area (Å²) in [5.74, 6) is 0.701. The van der Waals surface area contributed by atoms with Crippen LogP contribution in [0.25, 0.3) is 0 Å². The van der Waals surface area contributed by atoms with Crippen molar-refractivity contribution in [2.45, 2.75) is 44.6 Å². The Morgan fingerprint density at radius 2 is 1.83 bits per heavy atom. The number of unbranched alkanes of at least 4 members (excludes halogenated alkanes) is 1. The lowest BCUT2D eigenvalue weighted by Crippen LogP contribution is -2.30. The van der Waals surface area contributed by atoms with E-state index in [-0.39, 0.29) is 10.9 Å². The minimum Gasteiger partial charge on any atom is -0.494 e. The van der Waals surface area contributed by atoms with Gasteiger partial charge in [-0.3, -0.25) is 0 Å². The van der Waals surface area contributed by atoms with E-state index in [1.807, 2.05) is 0 Å². The third-order valence-corrected chi connectivity index (χ3v) is 3.97. The van der Waals surface area contributed by atoms with Gasteiger partial charge in [0, 0.05) is 6.04 Å². The lowest BCUT2D eigenvalue weighted by Gasteiger charge is -2.10. The normalized spacial score (nSPS) is 11.8. The number of sulfonamides is 1. The molecule has 5 heteroatoms. The van der Waals surface area contributed by atoms with Gasteiger partial charge in [0.05, 0.1) is 11.5 Å². The minimum atomic E-state index is -3.41. The Hall–Kier alpha value is -1.07. The van der Waals surface area contributed by atoms with Crippen LogP contribution >= 0.6 is 0 Å². The summed E-state index contributed by atoms with van der Waals surface area (Å²) in [5.41, 5.74) is 0. The van der Waals surface area contributed by atoms with Gasteiger partial charge in [-0.2, -0.15) is 0 Å². The molecule has 1 rings (SSSR count). The monoisotopic (exact) mass is 271 g/mol. The van der Waals surface area contributed by atoms with Crippen molar-refractivity contribution in [3.8, 4) is 5.75 Å². The van der Waals surface area contributed by atoms with Crippen molar-refractivity contribution in [3.05, 3.63) is 24.3 Å². The van der Waals surface area contributed by atoms with Gasteiger partial charge in [0.1, 0.15) is 5.75 Å². The van der Waals surface area contributed by atoms with Gasteiger partial charge >= 0.3 is 0 Å². The van der Waals surface area contributed by atoms with Gasteiger partial charge in [-0.1, -0.05) is 13.3 Å². The molecular weight excluding hydrogens is 250 g/mol. The molecule has 0 saturated carbocycles. The van der Waals surface area contributed by atoms with Gasteiger partial charge in [-0.15, -0.1) is 0 Å². The van der Waals surface area contributed by atoms with Crippen molar-refractivity contribution in [2.75, 3.05) is 6.61 Å². The molecule has 0 atom stereocenters. The van der Waals surface area contributed by atoms with Gasteiger partial charge in [0.25, 0.3) is 0 Å². The smallest absolute Gasteiger partial charge is 0.240 e. The van der Waals surface area contributed by atoms with E-state index in [1.54, 1.807) is 38.1 Å². The van der Waals surface area contributed by atoms with Crippen molar-refractivity contribution in [3.63, 3.8) is 0 Å². The molecule has 0 radical (unpaired) electrons. The second-order valence-electron chi connectivity index (χ2n) is 4.45. The third-order valence-electron chi connectivity index (χ3n) is 2.29. The molecule has 102 valence electrons. The molecule has 0 aromatic heterocycles. The predicted molar refractivity (Wildman–Crippen MR) is 72.3 cm³/mol. The van der Waals surface area contributed by atoms with E-state index in [1.165, 1.54) is 0 Å². The number of nitrogens with one attached hydrogen (secondary N) is 1. The quantitative estimate of drug-likeness (QED) is 0.775. The number of rotatable bonds is 7. The van der Waals surface area contributed by atoms with Crippen LogP contribution in [0.15, 0.2) is 29.2 Å². The van der Waals surface area contributed by atoms with Crippen LogP contribution in [0.5, 0.6) is 5.75 Å². The fourth-order valence-electron chi connectivity index (χ4n) is 1.43. The zero-order chi connectivity index (χ0) is 13.6. The van der Waals surface area contributed by atoms with Crippen LogP contribution in [0.3, 0.4) is 0 Å². The fraction of sp³-hybridized carbons (Fsp3) is 0.538. The Kier molecular flexibility index (Phi) is 5.62. The summed E-state index contributed by atoms with van der Waals surface area (Å²) in [6.45, 7) is 6.34. The molecule has 4 nitrogen and oxygen atoms in total. The van der Waals surface area contributed by atoms with E-state index < -0.39 is 10.0 Å². The number of hydrogen-bond acceptors (Lipinski definition) is 3. The zero-order valence-corrected chi connectivity index (χ0v) is 12.0. The molecule has 1 aromatic rings. The average molecular weight is 271 g/mol. The Morgan fingerprint density at radius 3 is 2.33 bits per heavy atom. The summed E-state index contributed by atoms with van der Waals surface area (Å²) in [4.78, 5) is 0.263. The second kappa shape index (κ2) is 6.75. The molecule has 1 N–H and O–H groups in total. The molecule has 0 fully saturated rings. The van der Waals surface area contributed by atoms with Gasteiger partial charge in [-0.05, 0) is 44.5 Å². The van der Waals surface area contributed by atoms with Gasteiger partial charge in [0.15, 0.2) is 0 Å². The summed E-state index contributed by atoms with van der Waals surface area (Å²) >= 11 is 0. The van der Waals surface area contributed by atoms with E-state index in [0.29, 0.717) is 12.4 Å². The summed E-state index contributed by atoms with van der Waals surface area (Å²) in [6, 6.07) is 6.38. The first-order valence-corrected chi connectivity index (χ1v) is 7.69. The van der Waals surface area contributed by atoms with Crippen molar-refractivity contribution in [1.82, 2.24) is 4.72 Å². The molecule has 1 aromatic carbocycles. The van der Waals surface area contributed by atoms with Crippen molar-refractivity contribution in [2.24, 2.45) is 0 Å². The Labute approximate surface area is 109 Å². The molecule has 0 unspecified atom stereocenters. The summed E-state index contributed by atoms with van der Waals surface area (Å²) < 4.78 is 31.7. The lowest BCUT2D eigenvalue weighted by atomic mass is 10.3. The van der Waals surface area contributed by atoms with Crippen LogP contribution in [0.2, 0.25) is 0 Å². The van der Waals surface area contributed by atoms with E-state index in [4.69, 9.17) is 4.74 Å². The number of benzene rings is 1. The molecule has 0 aliphatic rings. The SMILES string of the molecule is CCCCOc1ccc(S(=O)(=O)NC(C)C)cc1. The maximum Gasteiger partial charge on any atom is 0.240 e. The Bertz CT molecular complexity index is 452. The minimum absolute atomic E-state index is 0.115. The first-order valence-electron chi connectivity index (χ1n) is 6.21. The molecule has 0 aliphatic carbocycles. The predicted octanol–water partition coefficient (Wildman–Crippen LogP) is 2.55. The summed E-state index contributed by atoms with van der Waals surface area (Å²) in [6.07, 6.45) is 2.07. The molecule has 0 saturated heterocycles. The summed E-state index contributed by atoms with van der Waals surface area (Å²) in [7, 11) is -3.41. The van der Waals surface area contributed by atoms with Gasteiger partial charge < -0.3 is 4.74 Å². The maximum absolute atomic E-state index is 11.9. The maximum atomic E-state index is 11.9. The van der Waals surface area contributed by atoms with Crippen LogP contribution in [0, 0.1) is 0 Å². The Morgan fingerprint density at radius 1 is 1.22 bits per heavy atom. The van der Waals surface area contributed by atoms with Crippen molar-refractivity contribution < 1.29 is 13.2 Å². The van der Waals surface area contributed by atoms with Gasteiger partial charge in [0.2, 0.25) is 10.0 Å². The third kappa shape index (κ3) is 4.66. The van der Waals surface area contributed by atoms with Gasteiger partial charge in [-0.25, -0.2) is 13.1 Å². The van der Waals surface area contributed by atoms with E-state index >= 15 is 0 Å². The Balaban J connectivity index is 2.70. The molecule has 0 heterocycles. The highest BCUT2D eigenvalue weighted by atomic mass is 32.2.